The molecule has 1 heterocycles. The number of hydrogen-bond donors (Lipinski definition) is 3. The van der Waals surface area contributed by atoms with Crippen LogP contribution in [0.5, 0.6) is 0 Å². The van der Waals surface area contributed by atoms with Crippen LogP contribution in [0, 0.1) is 5.82 Å². The Balaban J connectivity index is 1.68. The number of H-pyrrole nitrogens is 1. The molecule has 0 spiro atoms. The van der Waals surface area contributed by atoms with Crippen molar-refractivity contribution in [1.82, 2.24) is 20.9 Å². The van der Waals surface area contributed by atoms with Crippen molar-refractivity contribution in [3.05, 3.63) is 112 Å². The van der Waals surface area contributed by atoms with Crippen molar-refractivity contribution in [2.45, 2.75) is 6.04 Å². The van der Waals surface area contributed by atoms with Crippen molar-refractivity contribution in [3.63, 3.8) is 0 Å². The first-order chi connectivity index (χ1) is 16.0. The lowest BCUT2D eigenvalue weighted by molar-refractivity contribution is -0.123. The number of halogens is 1. The second kappa shape index (κ2) is 9.65. The van der Waals surface area contributed by atoms with Gasteiger partial charge in [0.1, 0.15) is 11.5 Å². The number of nitrogens with one attached hydrogen (secondary N) is 3. The van der Waals surface area contributed by atoms with Gasteiger partial charge in [-0.1, -0.05) is 54.6 Å². The molecule has 4 rings (SSSR count). The molecule has 4 aromatic rings. The summed E-state index contributed by atoms with van der Waals surface area (Å²) in [4.78, 5) is 38.0. The van der Waals surface area contributed by atoms with Crippen LogP contribution in [-0.2, 0) is 4.79 Å². The molecule has 0 saturated carbocycles. The van der Waals surface area contributed by atoms with Crippen LogP contribution in [0.4, 0.5) is 4.39 Å². The largest absolute Gasteiger partial charge is 0.335 e. The SMILES string of the molecule is O=C(NC(C(=O)N/N=C/c1ccccc1F)c1n[nH]c(=O)c2ccccc12)c1ccccc1. The number of hydrogen-bond acceptors (Lipinski definition) is 5. The maximum Gasteiger partial charge on any atom is 0.272 e. The van der Waals surface area contributed by atoms with Crippen molar-refractivity contribution in [3.8, 4) is 0 Å². The van der Waals surface area contributed by atoms with E-state index in [-0.39, 0.29) is 11.3 Å². The van der Waals surface area contributed by atoms with Crippen LogP contribution >= 0.6 is 0 Å². The van der Waals surface area contributed by atoms with Crippen LogP contribution in [0.15, 0.2) is 88.8 Å². The second-order valence-electron chi connectivity index (χ2n) is 7.01. The zero-order valence-corrected chi connectivity index (χ0v) is 17.2. The van der Waals surface area contributed by atoms with Gasteiger partial charge in [-0.2, -0.15) is 10.2 Å². The highest BCUT2D eigenvalue weighted by Gasteiger charge is 2.27. The van der Waals surface area contributed by atoms with Crippen LogP contribution < -0.4 is 16.3 Å². The Morgan fingerprint density at radius 3 is 2.36 bits per heavy atom. The van der Waals surface area contributed by atoms with E-state index in [2.05, 4.69) is 26.0 Å². The number of carbonyl (C=O) groups excluding carboxylic acids is 2. The molecular weight excluding hydrogens is 425 g/mol. The third-order valence-electron chi connectivity index (χ3n) is 4.86. The van der Waals surface area contributed by atoms with E-state index in [4.69, 9.17) is 0 Å². The standard InChI is InChI=1S/C24H18FN5O3/c25-19-13-7-4-10-16(19)14-26-29-24(33)21(27-22(31)15-8-2-1-3-9-15)20-17-11-5-6-12-18(17)23(32)30-28-20/h1-14,21H,(H,27,31)(H,29,33)(H,30,32)/b26-14+. The topological polar surface area (TPSA) is 116 Å². The molecule has 33 heavy (non-hydrogen) atoms. The number of nitrogens with zero attached hydrogens (tertiary/aromatic N) is 2. The molecule has 0 radical (unpaired) electrons. The number of hydrazone groups is 1. The summed E-state index contributed by atoms with van der Waals surface area (Å²) in [6, 6.07) is 19.6. The van der Waals surface area contributed by atoms with Crippen LogP contribution in [0.3, 0.4) is 0 Å². The Morgan fingerprint density at radius 1 is 0.939 bits per heavy atom. The number of fused-ring (bicyclic) bond motifs is 1. The molecule has 164 valence electrons. The highest BCUT2D eigenvalue weighted by Crippen LogP contribution is 2.20. The van der Waals surface area contributed by atoms with E-state index < -0.39 is 29.2 Å². The highest BCUT2D eigenvalue weighted by atomic mass is 19.1. The summed E-state index contributed by atoms with van der Waals surface area (Å²) in [5, 5.41) is 13.5. The Morgan fingerprint density at radius 2 is 1.61 bits per heavy atom. The van der Waals surface area contributed by atoms with Crippen molar-refractivity contribution >= 4 is 28.8 Å². The fourth-order valence-electron chi connectivity index (χ4n) is 3.23. The number of carbonyl (C=O) groups is 2. The van der Waals surface area contributed by atoms with Crippen LogP contribution in [0.1, 0.15) is 27.7 Å². The smallest absolute Gasteiger partial charge is 0.272 e. The normalized spacial score (nSPS) is 11.9. The van der Waals surface area contributed by atoms with E-state index in [1.807, 2.05) is 0 Å². The molecule has 1 unspecified atom stereocenters. The molecule has 3 aromatic carbocycles. The van der Waals surface area contributed by atoms with E-state index in [9.17, 15) is 18.8 Å². The van der Waals surface area contributed by atoms with E-state index >= 15 is 0 Å². The number of rotatable bonds is 6. The molecule has 0 aliphatic carbocycles. The third-order valence-corrected chi connectivity index (χ3v) is 4.86. The zero-order valence-electron chi connectivity index (χ0n) is 17.2. The molecule has 0 saturated heterocycles. The van der Waals surface area contributed by atoms with Gasteiger partial charge < -0.3 is 5.32 Å². The van der Waals surface area contributed by atoms with E-state index in [1.54, 1.807) is 60.7 Å². The molecule has 8 nitrogen and oxygen atoms in total. The molecule has 1 aromatic heterocycles. The van der Waals surface area contributed by atoms with Gasteiger partial charge in [-0.3, -0.25) is 14.4 Å². The summed E-state index contributed by atoms with van der Waals surface area (Å²) in [5.74, 6) is -1.75. The summed E-state index contributed by atoms with van der Waals surface area (Å²) >= 11 is 0. The summed E-state index contributed by atoms with van der Waals surface area (Å²) < 4.78 is 13.8. The van der Waals surface area contributed by atoms with E-state index in [0.717, 1.165) is 6.21 Å². The molecule has 0 aliphatic heterocycles. The van der Waals surface area contributed by atoms with Gasteiger partial charge in [0, 0.05) is 16.5 Å². The lowest BCUT2D eigenvalue weighted by atomic mass is 10.0. The fourth-order valence-corrected chi connectivity index (χ4v) is 3.23. The lowest BCUT2D eigenvalue weighted by Gasteiger charge is -2.18. The van der Waals surface area contributed by atoms with Gasteiger partial charge >= 0.3 is 0 Å². The van der Waals surface area contributed by atoms with Crippen molar-refractivity contribution < 1.29 is 14.0 Å². The molecule has 2 amide bonds. The Hall–Kier alpha value is -4.66. The number of benzene rings is 3. The molecule has 0 aliphatic rings. The first-order valence-corrected chi connectivity index (χ1v) is 9.95. The average Bonchev–Trinajstić information content (AvgIpc) is 2.85. The molecule has 9 heteroatoms. The Labute approximate surface area is 187 Å². The summed E-state index contributed by atoms with van der Waals surface area (Å²) in [6.45, 7) is 0. The van der Waals surface area contributed by atoms with E-state index in [0.29, 0.717) is 16.3 Å². The third kappa shape index (κ3) is 4.82. The molecule has 0 bridgehead atoms. The molecule has 0 fully saturated rings. The predicted octanol–water partition coefficient (Wildman–Crippen LogP) is 2.68. The lowest BCUT2D eigenvalue weighted by Crippen LogP contribution is -2.40. The van der Waals surface area contributed by atoms with Gasteiger partial charge in [0.25, 0.3) is 17.4 Å². The minimum atomic E-state index is -1.29. The summed E-state index contributed by atoms with van der Waals surface area (Å²) in [6.07, 6.45) is 1.15. The first-order valence-electron chi connectivity index (χ1n) is 9.95. The van der Waals surface area contributed by atoms with E-state index in [1.165, 1.54) is 18.2 Å². The summed E-state index contributed by atoms with van der Waals surface area (Å²) in [5.41, 5.74) is 2.52. The Bertz CT molecular complexity index is 1400. The van der Waals surface area contributed by atoms with Crippen molar-refractivity contribution in [2.24, 2.45) is 5.10 Å². The van der Waals surface area contributed by atoms with Crippen molar-refractivity contribution in [2.75, 3.05) is 0 Å². The fraction of sp³-hybridized carbons (Fsp3) is 0.0417. The molecular formula is C24H18FN5O3. The van der Waals surface area contributed by atoms with Gasteiger partial charge in [-0.25, -0.2) is 14.9 Å². The zero-order chi connectivity index (χ0) is 23.2. The molecule has 1 atom stereocenters. The monoisotopic (exact) mass is 443 g/mol. The minimum absolute atomic E-state index is 0.132. The van der Waals surface area contributed by atoms with Crippen LogP contribution in [-0.4, -0.2) is 28.2 Å². The van der Waals surface area contributed by atoms with Gasteiger partial charge in [0.05, 0.1) is 11.6 Å². The quantitative estimate of drug-likeness (QED) is 0.314. The van der Waals surface area contributed by atoms with Gasteiger partial charge in [-0.05, 0) is 24.3 Å². The maximum atomic E-state index is 13.8. The molecule has 3 N–H and O–H groups in total. The maximum absolute atomic E-state index is 13.8. The summed E-state index contributed by atoms with van der Waals surface area (Å²) in [7, 11) is 0. The predicted molar refractivity (Wildman–Crippen MR) is 121 cm³/mol. The number of aromatic amines is 1. The van der Waals surface area contributed by atoms with Gasteiger partial charge in [0.15, 0.2) is 6.04 Å². The van der Waals surface area contributed by atoms with Gasteiger partial charge in [-0.15, -0.1) is 0 Å². The second-order valence-corrected chi connectivity index (χ2v) is 7.01. The average molecular weight is 443 g/mol. The number of amides is 2. The Kier molecular flexibility index (Phi) is 6.31. The number of aromatic nitrogens is 2. The van der Waals surface area contributed by atoms with Crippen molar-refractivity contribution in [1.29, 1.82) is 0 Å². The van der Waals surface area contributed by atoms with Crippen LogP contribution in [0.2, 0.25) is 0 Å². The minimum Gasteiger partial charge on any atom is -0.335 e. The van der Waals surface area contributed by atoms with Gasteiger partial charge in [0.2, 0.25) is 0 Å². The highest BCUT2D eigenvalue weighted by molar-refractivity contribution is 5.99. The first kappa shape index (κ1) is 21.6. The van der Waals surface area contributed by atoms with Crippen LogP contribution in [0.25, 0.3) is 10.8 Å².